The summed E-state index contributed by atoms with van der Waals surface area (Å²) in [5.74, 6) is 0.547. The Bertz CT molecular complexity index is 1400. The minimum atomic E-state index is -0.249. The molecule has 2 amide bonds. The number of piperidine rings is 1. The quantitative estimate of drug-likeness (QED) is 0.432. The van der Waals surface area contributed by atoms with Crippen LogP contribution in [0.1, 0.15) is 29.2 Å². The van der Waals surface area contributed by atoms with Crippen molar-refractivity contribution >= 4 is 34.4 Å². The Labute approximate surface area is 202 Å². The van der Waals surface area contributed by atoms with E-state index >= 15 is 0 Å². The Hall–Kier alpha value is -4.53. The van der Waals surface area contributed by atoms with Crippen LogP contribution in [0.15, 0.2) is 73.6 Å². The summed E-state index contributed by atoms with van der Waals surface area (Å²) < 4.78 is 1.95. The molecule has 0 unspecified atom stereocenters. The molecule has 1 fully saturated rings. The van der Waals surface area contributed by atoms with Gasteiger partial charge in [0.15, 0.2) is 0 Å². The van der Waals surface area contributed by atoms with Crippen molar-refractivity contribution in [3.63, 3.8) is 0 Å². The van der Waals surface area contributed by atoms with Crippen LogP contribution in [0.25, 0.3) is 22.2 Å². The van der Waals surface area contributed by atoms with Gasteiger partial charge in [0.1, 0.15) is 17.3 Å². The van der Waals surface area contributed by atoms with Crippen LogP contribution in [0.4, 0.5) is 11.6 Å². The van der Waals surface area contributed by atoms with Crippen molar-refractivity contribution < 1.29 is 9.59 Å². The van der Waals surface area contributed by atoms with Crippen molar-refractivity contribution in [1.82, 2.24) is 24.6 Å². The molecule has 1 atom stereocenters. The number of rotatable bonds is 5. The number of nitrogens with one attached hydrogen (secondary N) is 1. The van der Waals surface area contributed by atoms with Gasteiger partial charge in [-0.3, -0.25) is 14.3 Å². The van der Waals surface area contributed by atoms with Crippen LogP contribution in [0.2, 0.25) is 0 Å². The van der Waals surface area contributed by atoms with E-state index in [2.05, 4.69) is 21.9 Å². The van der Waals surface area contributed by atoms with Gasteiger partial charge in [-0.15, -0.1) is 0 Å². The number of carbonyl (C=O) groups is 2. The molecule has 4 heterocycles. The predicted octanol–water partition coefficient (Wildman–Crippen LogP) is 3.68. The van der Waals surface area contributed by atoms with Crippen molar-refractivity contribution in [2.75, 3.05) is 24.1 Å². The third-order valence-corrected chi connectivity index (χ3v) is 6.21. The van der Waals surface area contributed by atoms with Gasteiger partial charge in [-0.1, -0.05) is 24.8 Å². The highest BCUT2D eigenvalue weighted by Crippen LogP contribution is 2.34. The van der Waals surface area contributed by atoms with E-state index in [0.29, 0.717) is 36.0 Å². The van der Waals surface area contributed by atoms with E-state index in [1.807, 2.05) is 28.9 Å². The van der Waals surface area contributed by atoms with Crippen LogP contribution < -0.4 is 11.1 Å². The number of hydrogen-bond donors (Lipinski definition) is 2. The zero-order valence-corrected chi connectivity index (χ0v) is 19.1. The van der Waals surface area contributed by atoms with E-state index in [1.165, 1.54) is 6.08 Å². The molecule has 3 aromatic heterocycles. The molecule has 1 aliphatic rings. The maximum Gasteiger partial charge on any atom is 0.256 e. The highest BCUT2D eigenvalue weighted by molar-refractivity contribution is 6.05. The standard InChI is InChI=1S/C26H25N7O2/c1-2-22(34)32-15-5-6-19(16-32)33-20-12-14-29-25(27)23(20)24(31-33)17-8-10-18(11-9-17)26(35)30-21-7-3-4-13-28-21/h2-4,7-14,19H,1,5-6,15-16H2,(H2,27,29)(H,28,30,35)/t19-/m0/s1. The van der Waals surface area contributed by atoms with Crippen LogP contribution in [0, 0.1) is 0 Å². The molecule has 35 heavy (non-hydrogen) atoms. The second kappa shape index (κ2) is 9.38. The molecule has 0 bridgehead atoms. The van der Waals surface area contributed by atoms with E-state index in [0.717, 1.165) is 29.3 Å². The molecule has 0 radical (unpaired) electrons. The van der Waals surface area contributed by atoms with Crippen LogP contribution in [0.5, 0.6) is 0 Å². The number of fused-ring (bicyclic) bond motifs is 1. The van der Waals surface area contributed by atoms with E-state index in [4.69, 9.17) is 10.8 Å². The van der Waals surface area contributed by atoms with Crippen molar-refractivity contribution in [2.24, 2.45) is 0 Å². The molecule has 1 aromatic carbocycles. The summed E-state index contributed by atoms with van der Waals surface area (Å²) in [4.78, 5) is 35.0. The fourth-order valence-electron chi connectivity index (χ4n) is 4.48. The minimum absolute atomic E-state index is 0.00845. The maximum absolute atomic E-state index is 12.6. The molecule has 0 aliphatic carbocycles. The average molecular weight is 468 g/mol. The van der Waals surface area contributed by atoms with Gasteiger partial charge in [-0.2, -0.15) is 5.10 Å². The highest BCUT2D eigenvalue weighted by Gasteiger charge is 2.27. The second-order valence-electron chi connectivity index (χ2n) is 8.41. The first-order valence-electron chi connectivity index (χ1n) is 11.4. The summed E-state index contributed by atoms with van der Waals surface area (Å²) in [6, 6.07) is 14.4. The van der Waals surface area contributed by atoms with Gasteiger partial charge >= 0.3 is 0 Å². The number of carbonyl (C=O) groups excluding carboxylic acids is 2. The number of nitrogen functional groups attached to an aromatic ring is 1. The van der Waals surface area contributed by atoms with E-state index in [9.17, 15) is 9.59 Å². The maximum atomic E-state index is 12.6. The summed E-state index contributed by atoms with van der Waals surface area (Å²) in [5, 5.41) is 8.47. The molecule has 176 valence electrons. The van der Waals surface area contributed by atoms with Crippen LogP contribution in [0.3, 0.4) is 0 Å². The Morgan fingerprint density at radius 2 is 1.91 bits per heavy atom. The predicted molar refractivity (Wildman–Crippen MR) is 135 cm³/mol. The lowest BCUT2D eigenvalue weighted by molar-refractivity contribution is -0.127. The Kier molecular flexibility index (Phi) is 5.97. The Morgan fingerprint density at radius 1 is 1.09 bits per heavy atom. The van der Waals surface area contributed by atoms with Crippen LogP contribution in [-0.2, 0) is 4.79 Å². The highest BCUT2D eigenvalue weighted by atomic mass is 16.2. The van der Waals surface area contributed by atoms with E-state index in [1.54, 1.807) is 41.6 Å². The summed E-state index contributed by atoms with van der Waals surface area (Å²) in [6.07, 6.45) is 6.41. The molecule has 3 N–H and O–H groups in total. The number of aromatic nitrogens is 4. The lowest BCUT2D eigenvalue weighted by Gasteiger charge is -2.32. The molecule has 0 saturated carbocycles. The van der Waals surface area contributed by atoms with Gasteiger partial charge in [0, 0.05) is 36.6 Å². The van der Waals surface area contributed by atoms with Gasteiger partial charge in [-0.05, 0) is 49.2 Å². The minimum Gasteiger partial charge on any atom is -0.383 e. The number of amides is 2. The Balaban J connectivity index is 1.47. The third kappa shape index (κ3) is 4.35. The number of benzene rings is 1. The van der Waals surface area contributed by atoms with Crippen molar-refractivity contribution in [3.8, 4) is 11.3 Å². The molecule has 9 heteroatoms. The van der Waals surface area contributed by atoms with Crippen molar-refractivity contribution in [1.29, 1.82) is 0 Å². The summed E-state index contributed by atoms with van der Waals surface area (Å²) in [7, 11) is 0. The molecular weight excluding hydrogens is 442 g/mol. The number of nitrogens with two attached hydrogens (primary N) is 1. The van der Waals surface area contributed by atoms with Crippen LogP contribution in [-0.4, -0.2) is 49.6 Å². The lowest BCUT2D eigenvalue weighted by atomic mass is 10.0. The first-order valence-corrected chi connectivity index (χ1v) is 11.4. The molecule has 1 aliphatic heterocycles. The smallest absolute Gasteiger partial charge is 0.256 e. The number of likely N-dealkylation sites (tertiary alicyclic amines) is 1. The second-order valence-corrected chi connectivity index (χ2v) is 8.41. The zero-order chi connectivity index (χ0) is 24.4. The largest absolute Gasteiger partial charge is 0.383 e. The topological polar surface area (TPSA) is 119 Å². The molecular formula is C26H25N7O2. The van der Waals surface area contributed by atoms with E-state index < -0.39 is 0 Å². The summed E-state index contributed by atoms with van der Waals surface area (Å²) in [5.41, 5.74) is 9.16. The fraction of sp³-hybridized carbons (Fsp3) is 0.192. The normalized spacial score (nSPS) is 15.7. The van der Waals surface area contributed by atoms with Crippen LogP contribution >= 0.6 is 0 Å². The van der Waals surface area contributed by atoms with Crippen molar-refractivity contribution in [3.05, 3.63) is 79.1 Å². The van der Waals surface area contributed by atoms with E-state index in [-0.39, 0.29) is 17.9 Å². The number of hydrogen-bond acceptors (Lipinski definition) is 6. The SMILES string of the molecule is C=CC(=O)N1CCC[C@H](n2nc(-c3ccc(C(=O)Nc4ccccn4)cc3)c3c(N)nccc32)C1. The first kappa shape index (κ1) is 22.3. The number of nitrogens with zero attached hydrogens (tertiary/aromatic N) is 5. The third-order valence-electron chi connectivity index (χ3n) is 6.21. The molecule has 4 aromatic rings. The number of anilines is 2. The van der Waals surface area contributed by atoms with Gasteiger partial charge < -0.3 is 16.0 Å². The molecule has 0 spiro atoms. The fourth-order valence-corrected chi connectivity index (χ4v) is 4.48. The molecule has 9 nitrogen and oxygen atoms in total. The summed E-state index contributed by atoms with van der Waals surface area (Å²) >= 11 is 0. The monoisotopic (exact) mass is 467 g/mol. The van der Waals surface area contributed by atoms with Gasteiger partial charge in [0.05, 0.1) is 16.9 Å². The van der Waals surface area contributed by atoms with Gasteiger partial charge in [0.25, 0.3) is 5.91 Å². The lowest BCUT2D eigenvalue weighted by Crippen LogP contribution is -2.40. The Morgan fingerprint density at radius 3 is 2.66 bits per heavy atom. The zero-order valence-electron chi connectivity index (χ0n) is 19.1. The van der Waals surface area contributed by atoms with Gasteiger partial charge in [-0.25, -0.2) is 9.97 Å². The average Bonchev–Trinajstić information content (AvgIpc) is 3.30. The summed E-state index contributed by atoms with van der Waals surface area (Å²) in [6.45, 7) is 4.87. The molecule has 1 saturated heterocycles. The number of pyridine rings is 2. The van der Waals surface area contributed by atoms with Crippen molar-refractivity contribution in [2.45, 2.75) is 18.9 Å². The molecule has 5 rings (SSSR count). The van der Waals surface area contributed by atoms with Gasteiger partial charge in [0.2, 0.25) is 5.91 Å². The first-order chi connectivity index (χ1) is 17.0.